The summed E-state index contributed by atoms with van der Waals surface area (Å²) >= 11 is 5.68. The summed E-state index contributed by atoms with van der Waals surface area (Å²) < 4.78 is 163. The normalized spacial score (nSPS) is 17.4. The molecule has 1 fully saturated rings. The van der Waals surface area contributed by atoms with Crippen LogP contribution in [-0.4, -0.2) is 92.3 Å². The predicted octanol–water partition coefficient (Wildman–Crippen LogP) is 8.96. The molecule has 1 saturated carbocycles. The number of hydrogen-bond donors (Lipinski definition) is 3. The lowest BCUT2D eigenvalue weighted by atomic mass is 9.93. The highest BCUT2D eigenvalue weighted by Gasteiger charge is 2.52. The maximum absolute atomic E-state index is 15.2. The van der Waals surface area contributed by atoms with E-state index in [4.69, 9.17) is 27.8 Å². The zero-order valence-electron chi connectivity index (χ0n) is 36.6. The van der Waals surface area contributed by atoms with Crippen molar-refractivity contribution in [1.29, 1.82) is 0 Å². The zero-order valence-corrected chi connectivity index (χ0v) is 39.0. The molecular weight excluding hydrogens is 982 g/mol. The Morgan fingerprint density at radius 2 is 1.76 bits per heavy atom. The number of aliphatic imine (C=N–C) groups is 1. The maximum atomic E-state index is 15.2. The van der Waals surface area contributed by atoms with Gasteiger partial charge in [0, 0.05) is 29.2 Å². The number of nitrogens with zero attached hydrogens (tertiary/aromatic N) is 5. The Bertz CT molecular complexity index is 2660. The van der Waals surface area contributed by atoms with Gasteiger partial charge in [0.2, 0.25) is 11.7 Å². The van der Waals surface area contributed by atoms with Gasteiger partial charge >= 0.3 is 18.4 Å². The average molecular weight is 1030 g/mol. The number of carbonyl (C=O) groups excluding carboxylic acids is 2. The third-order valence-corrected chi connectivity index (χ3v) is 12.5. The summed E-state index contributed by atoms with van der Waals surface area (Å²) in [7, 11) is 0. The van der Waals surface area contributed by atoms with Crippen LogP contribution in [0.2, 0.25) is 5.02 Å². The number of benzene rings is 2. The van der Waals surface area contributed by atoms with Crippen LogP contribution < -0.4 is 21.1 Å². The Kier molecular flexibility index (Phi) is 16.7. The number of aromatic nitrogens is 3. The molecule has 2 unspecified atom stereocenters. The summed E-state index contributed by atoms with van der Waals surface area (Å²) in [5, 5.41) is 5.94. The number of nitrogens with one attached hydrogen (secondary N) is 1. The van der Waals surface area contributed by atoms with Gasteiger partial charge in [0.1, 0.15) is 48.1 Å². The summed E-state index contributed by atoms with van der Waals surface area (Å²) in [6.45, 7) is 1.41. The predicted molar refractivity (Wildman–Crippen MR) is 239 cm³/mol. The van der Waals surface area contributed by atoms with E-state index in [-0.39, 0.29) is 58.1 Å². The fourth-order valence-corrected chi connectivity index (χ4v) is 8.18. The fraction of sp³-hybridized carbons (Fsp3) is 0.419. The van der Waals surface area contributed by atoms with E-state index in [1.165, 1.54) is 36.0 Å². The van der Waals surface area contributed by atoms with Gasteiger partial charge in [-0.25, -0.2) is 18.6 Å². The van der Waals surface area contributed by atoms with Crippen molar-refractivity contribution in [2.24, 2.45) is 22.4 Å². The van der Waals surface area contributed by atoms with E-state index in [1.54, 1.807) is 20.1 Å². The fourth-order valence-electron chi connectivity index (χ4n) is 7.16. The van der Waals surface area contributed by atoms with Gasteiger partial charge in [-0.2, -0.15) is 35.1 Å². The number of alkyl halides is 8. The number of halogens is 11. The number of pyridine rings is 1. The third-order valence-electron chi connectivity index (χ3n) is 10.2. The van der Waals surface area contributed by atoms with Crippen molar-refractivity contribution in [2.75, 3.05) is 36.5 Å². The van der Waals surface area contributed by atoms with Gasteiger partial charge < -0.3 is 26.1 Å². The van der Waals surface area contributed by atoms with Crippen molar-refractivity contribution in [3.05, 3.63) is 87.3 Å². The highest BCUT2D eigenvalue weighted by molar-refractivity contribution is 8.00. The minimum atomic E-state index is -5.23. The third kappa shape index (κ3) is 12.9. The minimum Gasteiger partial charge on any atom is -0.593 e. The molecule has 3 atom stereocenters. The van der Waals surface area contributed by atoms with E-state index in [2.05, 4.69) is 32.2 Å². The van der Waals surface area contributed by atoms with Gasteiger partial charge in [0.25, 0.3) is 5.92 Å². The van der Waals surface area contributed by atoms with Gasteiger partial charge in [-0.05, 0) is 87.2 Å². The van der Waals surface area contributed by atoms with Crippen LogP contribution in [0.15, 0.2) is 58.7 Å². The Labute approximate surface area is 395 Å². The van der Waals surface area contributed by atoms with Crippen molar-refractivity contribution < 1.29 is 62.8 Å². The topological polar surface area (TPSA) is 177 Å². The Morgan fingerprint density at radius 1 is 1.12 bits per heavy atom. The number of amides is 2. The molecule has 0 saturated heterocycles. The lowest BCUT2D eigenvalue weighted by molar-refractivity contribution is -0.141. The molecule has 25 heteroatoms. The summed E-state index contributed by atoms with van der Waals surface area (Å²) in [5.74, 6) is -3.46. The number of rotatable bonds is 14. The number of thioether (sulfide) groups is 1. The molecule has 0 aliphatic heterocycles. The Balaban J connectivity index is 1.81. The zero-order chi connectivity index (χ0) is 50.7. The maximum Gasteiger partial charge on any atom is 0.458 e. The molecule has 4 aromatic rings. The van der Waals surface area contributed by atoms with Crippen LogP contribution in [0.25, 0.3) is 22.0 Å². The van der Waals surface area contributed by atoms with Gasteiger partial charge in [0.15, 0.2) is 0 Å². The first-order valence-electron chi connectivity index (χ1n) is 20.2. The summed E-state index contributed by atoms with van der Waals surface area (Å²) in [5.41, 5.74) is 5.45. The molecule has 0 bridgehead atoms. The first kappa shape index (κ1) is 53.7. The number of hydrogen-bond acceptors (Lipinski definition) is 10. The number of allylic oxidation sites excluding steroid dienone is 2. The molecule has 5 rings (SSSR count). The van der Waals surface area contributed by atoms with Crippen LogP contribution in [0, 0.1) is 29.4 Å². The number of fused-ring (bicyclic) bond motifs is 1. The summed E-state index contributed by atoms with van der Waals surface area (Å²) in [4.78, 5) is 35.5. The second kappa shape index (κ2) is 21.2. The van der Waals surface area contributed by atoms with Gasteiger partial charge in [-0.3, -0.25) is 14.5 Å². The summed E-state index contributed by atoms with van der Waals surface area (Å²) in [6, 6.07) is 5.89. The number of nitrogens with two attached hydrogens (primary N) is 2. The first-order valence-corrected chi connectivity index (χ1v) is 23.3. The van der Waals surface area contributed by atoms with Crippen molar-refractivity contribution in [3.8, 4) is 23.0 Å². The van der Waals surface area contributed by atoms with Crippen LogP contribution in [-0.2, 0) is 33.9 Å². The lowest BCUT2D eigenvalue weighted by Crippen LogP contribution is -2.37. The van der Waals surface area contributed by atoms with Crippen LogP contribution >= 0.6 is 23.4 Å². The van der Waals surface area contributed by atoms with Crippen molar-refractivity contribution >= 4 is 69.2 Å². The molecule has 1 aliphatic carbocycles. The molecule has 368 valence electrons. The number of carbonyl (C=O) groups is 2. The molecule has 12 nitrogen and oxygen atoms in total. The molecule has 1 aliphatic rings. The quantitative estimate of drug-likeness (QED) is 0.0482. The molecule has 2 aromatic heterocycles. The Morgan fingerprint density at radius 3 is 2.35 bits per heavy atom. The largest absolute Gasteiger partial charge is 0.593 e. The molecule has 2 amide bonds. The van der Waals surface area contributed by atoms with Crippen molar-refractivity contribution in [2.45, 2.75) is 75.6 Å². The van der Waals surface area contributed by atoms with Crippen LogP contribution in [0.5, 0.6) is 0 Å². The van der Waals surface area contributed by atoms with Gasteiger partial charge in [-0.1, -0.05) is 34.8 Å². The van der Waals surface area contributed by atoms with Crippen LogP contribution in [0.4, 0.5) is 54.5 Å². The molecular formula is C43H43ClF10N8O4S2. The first-order chi connectivity index (χ1) is 31.6. The van der Waals surface area contributed by atoms with E-state index >= 15 is 8.78 Å². The highest BCUT2D eigenvalue weighted by atomic mass is 35.5. The highest BCUT2D eigenvalue weighted by Crippen LogP contribution is 2.45. The van der Waals surface area contributed by atoms with Crippen molar-refractivity contribution in [3.63, 3.8) is 0 Å². The smallest absolute Gasteiger partial charge is 0.458 e. The average Bonchev–Trinajstić information content (AvgIpc) is 3.69. The molecule has 0 radical (unpaired) electrons. The van der Waals surface area contributed by atoms with E-state index in [0.29, 0.717) is 15.1 Å². The van der Waals surface area contributed by atoms with Gasteiger partial charge in [0.05, 0.1) is 50.4 Å². The standard InChI is InChI=1S/C43H43ClF10N8O4S2/c1-22-19-41(47,48)37(32(22)36(56)43(52,53)54)57-20-31(63)59-30(17-23-15-24(45)18-25(46)16-23)34-27(8-7-26(58-34)11-12-40(2,3)67-4)28-9-10-29(44)33-35(28)61(21-42(49,50)51)60-38(33)62(68(5)65)39(64)66-14-6-13-55/h7-10,15-16,18,22,30H,6,13-14,17,19-21,55-56H2,1-5H3,(H,59,63)/t22-,30?,68?/m0/s1. The van der Waals surface area contributed by atoms with Crippen LogP contribution in [0.3, 0.4) is 0 Å². The molecule has 2 aromatic carbocycles. The lowest BCUT2D eigenvalue weighted by Gasteiger charge is -2.23. The SMILES string of the molecule is CSC(C)(C)C#Cc1ccc(-c2ccc(Cl)c3c(N(C(=O)OCCCN)[S+](C)[O-])nn(CC(F)(F)F)c23)c(C(Cc2cc(F)cc(F)c2)NC(=O)CN=C2C(=C(N)C(F)(F)F)[C@@H](C)CC2(F)F)n1. The Hall–Kier alpha value is -5.22. The van der Waals surface area contributed by atoms with E-state index in [0.717, 1.165) is 25.3 Å². The minimum absolute atomic E-state index is 0.00439. The molecule has 0 spiro atoms. The number of ether oxygens (including phenoxy) is 1. The van der Waals surface area contributed by atoms with E-state index < -0.39 is 124 Å². The van der Waals surface area contributed by atoms with E-state index in [1.807, 2.05) is 0 Å². The molecule has 2 heterocycles. The van der Waals surface area contributed by atoms with E-state index in [9.17, 15) is 49.3 Å². The molecule has 68 heavy (non-hydrogen) atoms. The van der Waals surface area contributed by atoms with Crippen molar-refractivity contribution in [1.82, 2.24) is 20.1 Å². The summed E-state index contributed by atoms with van der Waals surface area (Å²) in [6.07, 6.45) is -10.2. The van der Waals surface area contributed by atoms with Gasteiger partial charge in [-0.15, -0.1) is 16.9 Å². The second-order valence-corrected chi connectivity index (χ2v) is 18.9. The molecule has 5 N–H and O–H groups in total. The number of anilines is 1. The van der Waals surface area contributed by atoms with Crippen LogP contribution in [0.1, 0.15) is 56.6 Å². The monoisotopic (exact) mass is 1020 g/mol. The second-order valence-electron chi connectivity index (χ2n) is 15.9.